The number of ether oxygens (including phenoxy) is 1. The molecule has 3 amide bonds. The summed E-state index contributed by atoms with van der Waals surface area (Å²) in [6.45, 7) is 6.00. The number of nitrogens with zero attached hydrogens (tertiary/aromatic N) is 1. The van der Waals surface area contributed by atoms with Crippen molar-refractivity contribution in [1.29, 1.82) is 0 Å². The van der Waals surface area contributed by atoms with E-state index < -0.39 is 17.7 Å². The largest absolute Gasteiger partial charge is 0.444 e. The lowest BCUT2D eigenvalue weighted by Gasteiger charge is -2.28. The number of amides is 3. The van der Waals surface area contributed by atoms with Gasteiger partial charge in [-0.05, 0) is 51.3 Å². The Morgan fingerprint density at radius 3 is 2.48 bits per heavy atom. The molecule has 0 radical (unpaired) electrons. The molecule has 1 unspecified atom stereocenters. The zero-order valence-corrected chi connectivity index (χ0v) is 16.6. The van der Waals surface area contributed by atoms with Crippen LogP contribution < -0.4 is 10.6 Å². The summed E-state index contributed by atoms with van der Waals surface area (Å²) in [6, 6.07) is 6.52. The average Bonchev–Trinajstić information content (AvgIpc) is 3.07. The Bertz CT molecular complexity index is 685. The maximum absolute atomic E-state index is 12.4. The summed E-state index contributed by atoms with van der Waals surface area (Å²) >= 11 is 5.82. The van der Waals surface area contributed by atoms with E-state index >= 15 is 0 Å². The number of rotatable bonds is 5. The molecule has 27 heavy (non-hydrogen) atoms. The average molecular weight is 396 g/mol. The fourth-order valence-corrected chi connectivity index (χ4v) is 2.85. The van der Waals surface area contributed by atoms with Gasteiger partial charge in [0.05, 0.1) is 6.54 Å². The van der Waals surface area contributed by atoms with Crippen LogP contribution in [0.15, 0.2) is 24.3 Å². The van der Waals surface area contributed by atoms with Crippen LogP contribution in [0.1, 0.15) is 39.2 Å². The summed E-state index contributed by atoms with van der Waals surface area (Å²) in [4.78, 5) is 38.0. The number of benzene rings is 1. The molecule has 1 aromatic carbocycles. The highest BCUT2D eigenvalue weighted by Gasteiger charge is 2.36. The highest BCUT2D eigenvalue weighted by molar-refractivity contribution is 6.30. The van der Waals surface area contributed by atoms with Crippen LogP contribution in [0.5, 0.6) is 0 Å². The van der Waals surface area contributed by atoms with Crippen LogP contribution in [0.4, 0.5) is 4.79 Å². The van der Waals surface area contributed by atoms with Gasteiger partial charge >= 0.3 is 6.09 Å². The highest BCUT2D eigenvalue weighted by atomic mass is 35.5. The van der Waals surface area contributed by atoms with E-state index in [4.69, 9.17) is 16.3 Å². The summed E-state index contributed by atoms with van der Waals surface area (Å²) in [5.74, 6) is -0.653. The number of hydrogen-bond acceptors (Lipinski definition) is 4. The molecule has 1 atom stereocenters. The standard InChI is InChI=1S/C19H26ClN3O4/c1-19(2,3)27-18(26)23-10-4-5-15(23)17(25)22-12-16(24)21-11-13-6-8-14(20)9-7-13/h6-9,15H,4-5,10-12H2,1-3H3,(H,21,24)(H,22,25). The quantitative estimate of drug-likeness (QED) is 0.801. The van der Waals surface area contributed by atoms with Gasteiger partial charge in [0.2, 0.25) is 11.8 Å². The van der Waals surface area contributed by atoms with Crippen LogP contribution in [0.2, 0.25) is 5.02 Å². The SMILES string of the molecule is CC(C)(C)OC(=O)N1CCCC1C(=O)NCC(=O)NCc1ccc(Cl)cc1. The minimum absolute atomic E-state index is 0.148. The Balaban J connectivity index is 1.79. The van der Waals surface area contributed by atoms with Crippen molar-refractivity contribution >= 4 is 29.5 Å². The van der Waals surface area contributed by atoms with Crippen molar-refractivity contribution < 1.29 is 19.1 Å². The minimum Gasteiger partial charge on any atom is -0.444 e. The molecule has 0 aliphatic carbocycles. The number of hydrogen-bond donors (Lipinski definition) is 2. The molecule has 0 aromatic heterocycles. The molecular weight excluding hydrogens is 370 g/mol. The summed E-state index contributed by atoms with van der Waals surface area (Å²) in [5, 5.41) is 5.95. The van der Waals surface area contributed by atoms with Crippen molar-refractivity contribution in [2.45, 2.75) is 51.8 Å². The molecule has 1 aromatic rings. The van der Waals surface area contributed by atoms with E-state index in [9.17, 15) is 14.4 Å². The summed E-state index contributed by atoms with van der Waals surface area (Å²) in [6.07, 6.45) is 0.768. The van der Waals surface area contributed by atoms with Gasteiger partial charge in [0.1, 0.15) is 11.6 Å². The minimum atomic E-state index is -0.623. The van der Waals surface area contributed by atoms with Crippen molar-refractivity contribution in [2.24, 2.45) is 0 Å². The van der Waals surface area contributed by atoms with Crippen LogP contribution in [-0.4, -0.2) is 47.5 Å². The molecule has 2 rings (SSSR count). The van der Waals surface area contributed by atoms with Crippen LogP contribution >= 0.6 is 11.6 Å². The number of nitrogens with one attached hydrogen (secondary N) is 2. The lowest BCUT2D eigenvalue weighted by Crippen LogP contribution is -2.49. The molecule has 1 saturated heterocycles. The first-order valence-corrected chi connectivity index (χ1v) is 9.32. The Morgan fingerprint density at radius 1 is 1.19 bits per heavy atom. The number of carbonyl (C=O) groups excluding carboxylic acids is 3. The second-order valence-corrected chi connectivity index (χ2v) is 7.89. The maximum atomic E-state index is 12.4. The topological polar surface area (TPSA) is 87.7 Å². The molecule has 0 saturated carbocycles. The van der Waals surface area contributed by atoms with E-state index in [0.717, 1.165) is 12.0 Å². The number of likely N-dealkylation sites (tertiary alicyclic amines) is 1. The first-order valence-electron chi connectivity index (χ1n) is 8.94. The smallest absolute Gasteiger partial charge is 0.410 e. The zero-order chi connectivity index (χ0) is 20.0. The molecule has 0 spiro atoms. The molecule has 8 heteroatoms. The molecule has 1 aliphatic rings. The summed E-state index contributed by atoms with van der Waals surface area (Å²) in [5.41, 5.74) is 0.286. The van der Waals surface area contributed by atoms with Gasteiger partial charge in [-0.25, -0.2) is 4.79 Å². The van der Waals surface area contributed by atoms with Crippen molar-refractivity contribution in [3.05, 3.63) is 34.9 Å². The van der Waals surface area contributed by atoms with E-state index in [1.165, 1.54) is 4.90 Å². The number of carbonyl (C=O) groups is 3. The van der Waals surface area contributed by atoms with Crippen molar-refractivity contribution in [3.63, 3.8) is 0 Å². The number of halogens is 1. The molecule has 1 heterocycles. The van der Waals surface area contributed by atoms with Gasteiger partial charge in [-0.3, -0.25) is 14.5 Å². The molecule has 1 aliphatic heterocycles. The van der Waals surface area contributed by atoms with E-state index in [2.05, 4.69) is 10.6 Å². The van der Waals surface area contributed by atoms with Gasteiger partial charge in [-0.1, -0.05) is 23.7 Å². The predicted octanol–water partition coefficient (Wildman–Crippen LogP) is 2.47. The first kappa shape index (κ1) is 21.0. The Labute approximate surface area is 164 Å². The first-order chi connectivity index (χ1) is 12.7. The van der Waals surface area contributed by atoms with E-state index in [0.29, 0.717) is 24.5 Å². The van der Waals surface area contributed by atoms with Crippen LogP contribution in [-0.2, 0) is 20.9 Å². The summed E-state index contributed by atoms with van der Waals surface area (Å²) in [7, 11) is 0. The predicted molar refractivity (Wildman–Crippen MR) is 102 cm³/mol. The highest BCUT2D eigenvalue weighted by Crippen LogP contribution is 2.20. The molecule has 1 fully saturated rings. The third kappa shape index (κ3) is 6.75. The van der Waals surface area contributed by atoms with Crippen LogP contribution in [0, 0.1) is 0 Å². The fourth-order valence-electron chi connectivity index (χ4n) is 2.73. The van der Waals surface area contributed by atoms with Crippen molar-refractivity contribution in [3.8, 4) is 0 Å². The van der Waals surface area contributed by atoms with E-state index in [1.807, 2.05) is 12.1 Å². The second kappa shape index (κ2) is 9.08. The third-order valence-corrected chi connectivity index (χ3v) is 4.26. The van der Waals surface area contributed by atoms with Gasteiger partial charge in [-0.2, -0.15) is 0 Å². The van der Waals surface area contributed by atoms with Crippen molar-refractivity contribution in [2.75, 3.05) is 13.1 Å². The maximum Gasteiger partial charge on any atom is 0.410 e. The second-order valence-electron chi connectivity index (χ2n) is 7.45. The zero-order valence-electron chi connectivity index (χ0n) is 15.9. The monoisotopic (exact) mass is 395 g/mol. The van der Waals surface area contributed by atoms with E-state index in [-0.39, 0.29) is 18.4 Å². The Kier molecular flexibility index (Phi) is 7.07. The Morgan fingerprint density at radius 2 is 1.85 bits per heavy atom. The van der Waals surface area contributed by atoms with Crippen LogP contribution in [0.3, 0.4) is 0 Å². The van der Waals surface area contributed by atoms with Gasteiger partial charge in [0.25, 0.3) is 0 Å². The molecule has 148 valence electrons. The normalized spacial score (nSPS) is 16.7. The lowest BCUT2D eigenvalue weighted by molar-refractivity contribution is -0.128. The van der Waals surface area contributed by atoms with Crippen LogP contribution in [0.25, 0.3) is 0 Å². The fraction of sp³-hybridized carbons (Fsp3) is 0.526. The molecule has 7 nitrogen and oxygen atoms in total. The van der Waals surface area contributed by atoms with Gasteiger partial charge in [0.15, 0.2) is 0 Å². The van der Waals surface area contributed by atoms with Gasteiger partial charge in [0, 0.05) is 18.1 Å². The van der Waals surface area contributed by atoms with Gasteiger partial charge < -0.3 is 15.4 Å². The van der Waals surface area contributed by atoms with Gasteiger partial charge in [-0.15, -0.1) is 0 Å². The molecule has 2 N–H and O–H groups in total. The van der Waals surface area contributed by atoms with Crippen molar-refractivity contribution in [1.82, 2.24) is 15.5 Å². The molecular formula is C19H26ClN3O4. The third-order valence-electron chi connectivity index (χ3n) is 4.01. The lowest BCUT2D eigenvalue weighted by atomic mass is 10.2. The Hall–Kier alpha value is -2.28. The molecule has 0 bridgehead atoms. The van der Waals surface area contributed by atoms with E-state index in [1.54, 1.807) is 32.9 Å². The summed E-state index contributed by atoms with van der Waals surface area (Å²) < 4.78 is 5.34.